The van der Waals surface area contributed by atoms with Gasteiger partial charge in [0.05, 0.1) is 10.7 Å². The van der Waals surface area contributed by atoms with Gasteiger partial charge in [-0.3, -0.25) is 0 Å². The molecule has 1 atom stereocenters. The number of aryl methyl sites for hydroxylation is 2. The fourth-order valence-electron chi connectivity index (χ4n) is 2.25. The summed E-state index contributed by atoms with van der Waals surface area (Å²) in [4.78, 5) is 9.93. The molecule has 114 valence electrons. The molecule has 2 aromatic heterocycles. The number of ether oxygens (including phenoxy) is 1. The molecule has 3 aromatic rings. The lowest BCUT2D eigenvalue weighted by Crippen LogP contribution is -2.05. The van der Waals surface area contributed by atoms with Crippen LogP contribution in [0.1, 0.15) is 35.1 Å². The zero-order valence-corrected chi connectivity index (χ0v) is 13.6. The molecule has 1 aromatic carbocycles. The Bertz CT molecular complexity index is 752. The van der Waals surface area contributed by atoms with E-state index in [-0.39, 0.29) is 6.10 Å². The van der Waals surface area contributed by atoms with Gasteiger partial charge in [-0.2, -0.15) is 4.98 Å². The predicted octanol–water partition coefficient (Wildman–Crippen LogP) is 3.80. The van der Waals surface area contributed by atoms with E-state index in [4.69, 9.17) is 9.26 Å². The van der Waals surface area contributed by atoms with Crippen molar-refractivity contribution >= 4 is 11.3 Å². The van der Waals surface area contributed by atoms with Crippen LogP contribution in [0.3, 0.4) is 0 Å². The first kappa shape index (κ1) is 14.9. The fourth-order valence-corrected chi connectivity index (χ4v) is 3.18. The second-order valence-electron chi connectivity index (χ2n) is 4.86. The smallest absolute Gasteiger partial charge is 0.270 e. The maximum atomic E-state index is 5.53. The highest BCUT2D eigenvalue weighted by Crippen LogP contribution is 2.31. The Labute approximate surface area is 133 Å². The Kier molecular flexibility index (Phi) is 4.31. The highest BCUT2D eigenvalue weighted by Gasteiger charge is 2.22. The van der Waals surface area contributed by atoms with Crippen LogP contribution in [0.15, 0.2) is 34.9 Å². The van der Waals surface area contributed by atoms with Gasteiger partial charge in [-0.1, -0.05) is 42.4 Å². The van der Waals surface area contributed by atoms with Crippen LogP contribution in [-0.2, 0) is 11.2 Å². The predicted molar refractivity (Wildman–Crippen MR) is 84.8 cm³/mol. The van der Waals surface area contributed by atoms with Gasteiger partial charge in [-0.25, -0.2) is 4.98 Å². The number of hydrogen-bond donors (Lipinski definition) is 0. The number of aromatic nitrogens is 3. The monoisotopic (exact) mass is 315 g/mol. The summed E-state index contributed by atoms with van der Waals surface area (Å²) >= 11 is 1.59. The van der Waals surface area contributed by atoms with E-state index in [0.29, 0.717) is 11.7 Å². The average Bonchev–Trinajstić information content (AvgIpc) is 3.16. The summed E-state index contributed by atoms with van der Waals surface area (Å²) in [5.74, 6) is 1.03. The van der Waals surface area contributed by atoms with Crippen molar-refractivity contribution < 1.29 is 9.26 Å². The molecule has 3 rings (SSSR count). The van der Waals surface area contributed by atoms with Gasteiger partial charge >= 0.3 is 0 Å². The van der Waals surface area contributed by atoms with Crippen LogP contribution in [-0.4, -0.2) is 22.2 Å². The second kappa shape index (κ2) is 6.37. The van der Waals surface area contributed by atoms with E-state index in [9.17, 15) is 0 Å². The van der Waals surface area contributed by atoms with Crippen molar-refractivity contribution in [3.05, 3.63) is 52.4 Å². The van der Waals surface area contributed by atoms with Crippen LogP contribution in [0.5, 0.6) is 0 Å². The molecular formula is C16H17N3O2S. The van der Waals surface area contributed by atoms with Gasteiger partial charge in [-0.15, -0.1) is 11.3 Å². The number of methoxy groups -OCH3 is 1. The minimum Gasteiger partial charge on any atom is -0.369 e. The number of rotatable bonds is 5. The topological polar surface area (TPSA) is 61.0 Å². The van der Waals surface area contributed by atoms with Crippen LogP contribution in [0, 0.1) is 6.92 Å². The Morgan fingerprint density at radius 3 is 2.64 bits per heavy atom. The summed E-state index contributed by atoms with van der Waals surface area (Å²) in [6, 6.07) is 9.85. The summed E-state index contributed by atoms with van der Waals surface area (Å²) in [6.45, 7) is 4.04. The molecular weight excluding hydrogens is 298 g/mol. The summed E-state index contributed by atoms with van der Waals surface area (Å²) in [5.41, 5.74) is 1.92. The number of hydrogen-bond acceptors (Lipinski definition) is 6. The van der Waals surface area contributed by atoms with E-state index in [1.54, 1.807) is 18.4 Å². The molecule has 22 heavy (non-hydrogen) atoms. The molecule has 0 spiro atoms. The molecule has 0 saturated carbocycles. The third-order valence-corrected chi connectivity index (χ3v) is 4.64. The largest absolute Gasteiger partial charge is 0.369 e. The SMILES string of the molecule is CCc1nc(C)c(-c2nc(C(OC)c3ccccc3)no2)s1. The molecule has 0 N–H and O–H groups in total. The summed E-state index contributed by atoms with van der Waals surface area (Å²) in [5, 5.41) is 5.15. The van der Waals surface area contributed by atoms with Crippen molar-refractivity contribution in [3.8, 4) is 10.8 Å². The van der Waals surface area contributed by atoms with Crippen LogP contribution in [0.2, 0.25) is 0 Å². The van der Waals surface area contributed by atoms with Gasteiger partial charge in [0.25, 0.3) is 5.89 Å². The third-order valence-electron chi connectivity index (χ3n) is 3.35. The Morgan fingerprint density at radius 1 is 1.23 bits per heavy atom. The normalized spacial score (nSPS) is 12.5. The molecule has 0 fully saturated rings. The molecule has 0 aliphatic rings. The van der Waals surface area contributed by atoms with Crippen LogP contribution >= 0.6 is 11.3 Å². The Morgan fingerprint density at radius 2 is 2.00 bits per heavy atom. The lowest BCUT2D eigenvalue weighted by molar-refractivity contribution is 0.126. The van der Waals surface area contributed by atoms with Crippen molar-refractivity contribution in [1.82, 2.24) is 15.1 Å². The van der Waals surface area contributed by atoms with Crippen LogP contribution in [0.4, 0.5) is 0 Å². The summed E-state index contributed by atoms with van der Waals surface area (Å²) in [7, 11) is 1.64. The van der Waals surface area contributed by atoms with E-state index in [0.717, 1.165) is 27.6 Å². The standard InChI is InChI=1S/C16H17N3O2S/c1-4-12-17-10(2)14(22-12)16-18-15(19-21-16)13(20-3)11-8-6-5-7-9-11/h5-9,13H,4H2,1-3H3. The van der Waals surface area contributed by atoms with E-state index in [1.165, 1.54) is 0 Å². The number of thiazole rings is 1. The zero-order chi connectivity index (χ0) is 15.5. The van der Waals surface area contributed by atoms with Gasteiger partial charge in [0.15, 0.2) is 0 Å². The third kappa shape index (κ3) is 2.80. The molecule has 0 bridgehead atoms. The van der Waals surface area contributed by atoms with Gasteiger partial charge in [0.2, 0.25) is 5.82 Å². The molecule has 0 saturated heterocycles. The van der Waals surface area contributed by atoms with Crippen molar-refractivity contribution in [1.29, 1.82) is 0 Å². The van der Waals surface area contributed by atoms with Crippen molar-refractivity contribution in [2.45, 2.75) is 26.4 Å². The molecule has 6 heteroatoms. The first-order valence-electron chi connectivity index (χ1n) is 7.11. The number of nitrogens with zero attached hydrogens (tertiary/aromatic N) is 3. The minimum atomic E-state index is -0.336. The maximum Gasteiger partial charge on any atom is 0.270 e. The van der Waals surface area contributed by atoms with E-state index in [2.05, 4.69) is 22.0 Å². The molecule has 0 amide bonds. The summed E-state index contributed by atoms with van der Waals surface area (Å²) in [6.07, 6.45) is 0.564. The summed E-state index contributed by atoms with van der Waals surface area (Å²) < 4.78 is 11.0. The van der Waals surface area contributed by atoms with Crippen molar-refractivity contribution in [2.24, 2.45) is 0 Å². The molecule has 2 heterocycles. The fraction of sp³-hybridized carbons (Fsp3) is 0.312. The van der Waals surface area contributed by atoms with Crippen molar-refractivity contribution in [3.63, 3.8) is 0 Å². The Balaban J connectivity index is 1.94. The lowest BCUT2D eigenvalue weighted by Gasteiger charge is -2.10. The van der Waals surface area contributed by atoms with E-state index in [1.807, 2.05) is 37.3 Å². The van der Waals surface area contributed by atoms with Crippen LogP contribution in [0.25, 0.3) is 10.8 Å². The van der Waals surface area contributed by atoms with Gasteiger partial charge in [0, 0.05) is 7.11 Å². The molecule has 1 unspecified atom stereocenters. The van der Waals surface area contributed by atoms with Crippen molar-refractivity contribution in [2.75, 3.05) is 7.11 Å². The van der Waals surface area contributed by atoms with Gasteiger partial charge in [0.1, 0.15) is 11.0 Å². The first-order valence-corrected chi connectivity index (χ1v) is 7.92. The van der Waals surface area contributed by atoms with E-state index < -0.39 is 0 Å². The quantitative estimate of drug-likeness (QED) is 0.716. The number of benzene rings is 1. The highest BCUT2D eigenvalue weighted by atomic mass is 32.1. The molecule has 0 aliphatic heterocycles. The zero-order valence-electron chi connectivity index (χ0n) is 12.7. The molecule has 0 aliphatic carbocycles. The molecule has 5 nitrogen and oxygen atoms in total. The second-order valence-corrected chi connectivity index (χ2v) is 5.94. The maximum absolute atomic E-state index is 5.53. The first-order chi connectivity index (χ1) is 10.7. The van der Waals surface area contributed by atoms with Gasteiger partial charge in [-0.05, 0) is 18.9 Å². The average molecular weight is 315 g/mol. The lowest BCUT2D eigenvalue weighted by atomic mass is 10.1. The highest BCUT2D eigenvalue weighted by molar-refractivity contribution is 7.15. The van der Waals surface area contributed by atoms with Gasteiger partial charge < -0.3 is 9.26 Å². The minimum absolute atomic E-state index is 0.336. The van der Waals surface area contributed by atoms with E-state index >= 15 is 0 Å². The van der Waals surface area contributed by atoms with Crippen LogP contribution < -0.4 is 0 Å². The Hall–Kier alpha value is -2.05. The molecule has 0 radical (unpaired) electrons.